The van der Waals surface area contributed by atoms with Gasteiger partial charge >= 0.3 is 6.03 Å². The molecule has 170 valence electrons. The zero-order chi connectivity index (χ0) is 24.0. The predicted molar refractivity (Wildman–Crippen MR) is 127 cm³/mol. The number of rotatable bonds is 4. The molecule has 2 aliphatic heterocycles. The van der Waals surface area contributed by atoms with Crippen molar-refractivity contribution < 1.29 is 14.4 Å². The van der Waals surface area contributed by atoms with Crippen molar-refractivity contribution in [3.05, 3.63) is 69.5 Å². The molecule has 1 atom stereocenters. The zero-order valence-corrected chi connectivity index (χ0v) is 19.5. The first kappa shape index (κ1) is 21.8. The van der Waals surface area contributed by atoms with Gasteiger partial charge in [0.1, 0.15) is 12.1 Å². The second-order valence-electron chi connectivity index (χ2n) is 8.53. The number of carbonyl (C=O) groups is 3. The van der Waals surface area contributed by atoms with Crippen LogP contribution in [0.2, 0.25) is 0 Å². The first-order chi connectivity index (χ1) is 16.3. The van der Waals surface area contributed by atoms with E-state index in [1.807, 2.05) is 36.6 Å². The van der Waals surface area contributed by atoms with E-state index in [1.54, 1.807) is 47.4 Å². The lowest BCUT2D eigenvalue weighted by atomic mass is 9.91. The average molecular weight is 472 g/mol. The van der Waals surface area contributed by atoms with Crippen molar-refractivity contribution >= 4 is 34.9 Å². The van der Waals surface area contributed by atoms with Gasteiger partial charge in [0, 0.05) is 23.2 Å². The van der Waals surface area contributed by atoms with E-state index in [-0.39, 0.29) is 12.5 Å². The van der Waals surface area contributed by atoms with Crippen molar-refractivity contribution in [3.8, 4) is 17.3 Å². The lowest BCUT2D eigenvalue weighted by molar-refractivity contribution is -0.134. The van der Waals surface area contributed by atoms with Gasteiger partial charge in [0.2, 0.25) is 5.91 Å². The summed E-state index contributed by atoms with van der Waals surface area (Å²) in [5.41, 5.74) is 3.46. The summed E-state index contributed by atoms with van der Waals surface area (Å²) < 4.78 is 0. The van der Waals surface area contributed by atoms with Crippen LogP contribution in [0.5, 0.6) is 0 Å². The number of amides is 4. The van der Waals surface area contributed by atoms with Gasteiger partial charge in [0.05, 0.1) is 22.3 Å². The van der Waals surface area contributed by atoms with E-state index in [1.165, 1.54) is 0 Å². The Morgan fingerprint density at radius 3 is 2.68 bits per heavy atom. The van der Waals surface area contributed by atoms with Gasteiger partial charge in [-0.25, -0.2) is 9.78 Å². The summed E-state index contributed by atoms with van der Waals surface area (Å²) in [4.78, 5) is 46.1. The number of hydrogen-bond donors (Lipinski definition) is 1. The van der Waals surface area contributed by atoms with Crippen LogP contribution in [0.4, 0.5) is 10.5 Å². The maximum atomic E-state index is 13.2. The molecule has 1 unspecified atom stereocenters. The molecule has 5 rings (SSSR count). The molecular weight excluding hydrogens is 450 g/mol. The van der Waals surface area contributed by atoms with Gasteiger partial charge in [-0.2, -0.15) is 5.26 Å². The van der Waals surface area contributed by atoms with Crippen molar-refractivity contribution in [2.75, 3.05) is 18.0 Å². The van der Waals surface area contributed by atoms with Gasteiger partial charge in [0.15, 0.2) is 0 Å². The molecule has 1 fully saturated rings. The summed E-state index contributed by atoms with van der Waals surface area (Å²) in [5, 5.41) is 14.7. The number of nitrogens with one attached hydrogen (secondary N) is 1. The molecule has 9 heteroatoms. The number of nitrogens with zero attached hydrogens (tertiary/aromatic N) is 4. The minimum atomic E-state index is -1.30. The van der Waals surface area contributed by atoms with Crippen LogP contribution < -0.4 is 10.2 Å². The topological polar surface area (TPSA) is 106 Å². The van der Waals surface area contributed by atoms with Crippen molar-refractivity contribution in [3.63, 3.8) is 0 Å². The Hall–Kier alpha value is -4.03. The Labute approximate surface area is 200 Å². The summed E-state index contributed by atoms with van der Waals surface area (Å²) in [6.45, 7) is 3.71. The van der Waals surface area contributed by atoms with Crippen LogP contribution in [0.1, 0.15) is 28.6 Å². The molecule has 4 amide bonds. The molecule has 8 nitrogen and oxygen atoms in total. The van der Waals surface area contributed by atoms with Crippen LogP contribution in [-0.4, -0.2) is 40.8 Å². The second-order valence-corrected chi connectivity index (χ2v) is 9.59. The van der Waals surface area contributed by atoms with Gasteiger partial charge in [-0.05, 0) is 55.7 Å². The Bertz CT molecular complexity index is 1370. The summed E-state index contributed by atoms with van der Waals surface area (Å²) in [7, 11) is 0. The number of aromatic nitrogens is 1. The SMILES string of the molecule is Cc1nc(-c2ccc3c(c2)CCN3C(=O)CN2C(=O)NC(C)(c3ccc(C#N)cc3)C2=O)cs1. The van der Waals surface area contributed by atoms with Crippen LogP contribution in [0, 0.1) is 18.3 Å². The molecule has 1 saturated heterocycles. The number of anilines is 1. The third kappa shape index (κ3) is 3.53. The number of nitriles is 1. The monoisotopic (exact) mass is 471 g/mol. The minimum absolute atomic E-state index is 0.316. The molecule has 0 bridgehead atoms. The van der Waals surface area contributed by atoms with E-state index < -0.39 is 17.5 Å². The lowest BCUT2D eigenvalue weighted by Gasteiger charge is -2.23. The largest absolute Gasteiger partial charge is 0.325 e. The first-order valence-electron chi connectivity index (χ1n) is 10.8. The first-order valence-corrected chi connectivity index (χ1v) is 11.7. The number of urea groups is 1. The molecule has 0 radical (unpaired) electrons. The van der Waals surface area contributed by atoms with Crippen LogP contribution in [0.25, 0.3) is 11.3 Å². The molecule has 0 spiro atoms. The standard InChI is InChI=1S/C25H21N5O3S/c1-15-27-20(14-34-15)17-5-8-21-18(11-17)9-10-29(21)22(31)13-30-23(32)25(2,28-24(30)33)19-6-3-16(12-26)4-7-19/h3-8,11,14H,9-10,13H2,1-2H3,(H,28,33). The highest BCUT2D eigenvalue weighted by molar-refractivity contribution is 7.09. The highest BCUT2D eigenvalue weighted by atomic mass is 32.1. The van der Waals surface area contributed by atoms with Crippen LogP contribution in [0.3, 0.4) is 0 Å². The van der Waals surface area contributed by atoms with Gasteiger partial charge in [0.25, 0.3) is 5.91 Å². The third-order valence-electron chi connectivity index (χ3n) is 6.35. The van der Waals surface area contributed by atoms with Crippen molar-refractivity contribution in [2.24, 2.45) is 0 Å². The number of benzene rings is 2. The number of imide groups is 1. The van der Waals surface area contributed by atoms with E-state index >= 15 is 0 Å². The van der Waals surface area contributed by atoms with E-state index in [2.05, 4.69) is 10.3 Å². The fourth-order valence-electron chi connectivity index (χ4n) is 4.45. The maximum absolute atomic E-state index is 13.2. The summed E-state index contributed by atoms with van der Waals surface area (Å²) in [6.07, 6.45) is 0.696. The summed E-state index contributed by atoms with van der Waals surface area (Å²) >= 11 is 1.59. The molecule has 2 aromatic carbocycles. The van der Waals surface area contributed by atoms with E-state index in [0.29, 0.717) is 24.1 Å². The Morgan fingerprint density at radius 2 is 2.00 bits per heavy atom. The molecule has 0 aliphatic carbocycles. The Morgan fingerprint density at radius 1 is 1.24 bits per heavy atom. The molecule has 2 aliphatic rings. The highest BCUT2D eigenvalue weighted by Gasteiger charge is 2.50. The Balaban J connectivity index is 1.34. The van der Waals surface area contributed by atoms with Crippen LogP contribution in [-0.2, 0) is 21.5 Å². The molecule has 3 heterocycles. The molecule has 34 heavy (non-hydrogen) atoms. The molecular formula is C25H21N5O3S. The second kappa shape index (κ2) is 8.08. The third-order valence-corrected chi connectivity index (χ3v) is 7.12. The van der Waals surface area contributed by atoms with Crippen molar-refractivity contribution in [2.45, 2.75) is 25.8 Å². The normalized spacial score (nSPS) is 19.2. The number of fused-ring (bicyclic) bond motifs is 1. The average Bonchev–Trinajstić information content (AvgIpc) is 3.52. The Kier molecular flexibility index (Phi) is 5.18. The van der Waals surface area contributed by atoms with Crippen LogP contribution >= 0.6 is 11.3 Å². The van der Waals surface area contributed by atoms with E-state index in [4.69, 9.17) is 5.26 Å². The molecule has 1 aromatic heterocycles. The van der Waals surface area contributed by atoms with Gasteiger partial charge in [-0.1, -0.05) is 18.2 Å². The quantitative estimate of drug-likeness (QED) is 0.588. The number of aryl methyl sites for hydroxylation is 1. The molecule has 3 aromatic rings. The fraction of sp³-hybridized carbons (Fsp3) is 0.240. The van der Waals surface area contributed by atoms with Crippen molar-refractivity contribution in [1.29, 1.82) is 5.26 Å². The molecule has 1 N–H and O–H groups in total. The number of thiazole rings is 1. The highest BCUT2D eigenvalue weighted by Crippen LogP contribution is 2.34. The predicted octanol–water partition coefficient (Wildman–Crippen LogP) is 3.35. The minimum Gasteiger partial charge on any atom is -0.319 e. The number of carbonyl (C=O) groups excluding carboxylic acids is 3. The van der Waals surface area contributed by atoms with E-state index in [9.17, 15) is 14.4 Å². The van der Waals surface area contributed by atoms with Crippen LogP contribution in [0.15, 0.2) is 47.8 Å². The summed E-state index contributed by atoms with van der Waals surface area (Å²) in [5.74, 6) is -0.812. The summed E-state index contributed by atoms with van der Waals surface area (Å²) in [6, 6.07) is 13.8. The fourth-order valence-corrected chi connectivity index (χ4v) is 5.07. The maximum Gasteiger partial charge on any atom is 0.325 e. The van der Waals surface area contributed by atoms with Gasteiger partial charge in [-0.3, -0.25) is 14.5 Å². The van der Waals surface area contributed by atoms with Gasteiger partial charge in [-0.15, -0.1) is 11.3 Å². The molecule has 0 saturated carbocycles. The zero-order valence-electron chi connectivity index (χ0n) is 18.7. The number of hydrogen-bond acceptors (Lipinski definition) is 6. The lowest BCUT2D eigenvalue weighted by Crippen LogP contribution is -2.44. The smallest absolute Gasteiger partial charge is 0.319 e. The van der Waals surface area contributed by atoms with Gasteiger partial charge < -0.3 is 10.2 Å². The van der Waals surface area contributed by atoms with Crippen molar-refractivity contribution in [1.82, 2.24) is 15.2 Å². The van der Waals surface area contributed by atoms with E-state index in [0.717, 1.165) is 32.4 Å².